The molecule has 0 fully saturated rings. The molecule has 4 rings (SSSR count). The topological polar surface area (TPSA) is 53.6 Å². The van der Waals surface area contributed by atoms with E-state index in [9.17, 15) is 0 Å². The monoisotopic (exact) mass is 262 g/mol. The van der Waals surface area contributed by atoms with Crippen LogP contribution >= 0.6 is 0 Å². The van der Waals surface area contributed by atoms with Gasteiger partial charge in [0.2, 0.25) is 0 Å². The summed E-state index contributed by atoms with van der Waals surface area (Å²) in [7, 11) is 0. The van der Waals surface area contributed by atoms with E-state index in [2.05, 4.69) is 27.4 Å². The van der Waals surface area contributed by atoms with Crippen molar-refractivity contribution in [3.05, 3.63) is 54.4 Å². The number of hydrogen-bond acceptors (Lipinski definition) is 3. The number of para-hydroxylation sites is 1. The summed E-state index contributed by atoms with van der Waals surface area (Å²) in [6.45, 7) is 0.911. The number of anilines is 1. The minimum absolute atomic E-state index is 0.840. The molecule has 4 nitrogen and oxygen atoms in total. The van der Waals surface area contributed by atoms with Crippen molar-refractivity contribution in [2.45, 2.75) is 6.42 Å². The molecule has 3 heterocycles. The van der Waals surface area contributed by atoms with Crippen LogP contribution in [0.15, 0.2) is 48.7 Å². The van der Waals surface area contributed by atoms with Gasteiger partial charge in [-0.15, -0.1) is 0 Å². The van der Waals surface area contributed by atoms with Crippen molar-refractivity contribution in [1.82, 2.24) is 15.0 Å². The molecule has 1 aliphatic rings. The smallest absolute Gasteiger partial charge is 0.156 e. The summed E-state index contributed by atoms with van der Waals surface area (Å²) >= 11 is 0. The molecular weight excluding hydrogens is 248 g/mol. The van der Waals surface area contributed by atoms with Crippen LogP contribution < -0.4 is 5.32 Å². The molecule has 0 saturated heterocycles. The van der Waals surface area contributed by atoms with Gasteiger partial charge in [0.25, 0.3) is 0 Å². The van der Waals surface area contributed by atoms with Gasteiger partial charge in [-0.25, -0.2) is 4.98 Å². The second kappa shape index (κ2) is 4.49. The van der Waals surface area contributed by atoms with Crippen LogP contribution in [0.1, 0.15) is 5.69 Å². The highest BCUT2D eigenvalue weighted by Crippen LogP contribution is 2.33. The molecule has 0 amide bonds. The Morgan fingerprint density at radius 2 is 1.90 bits per heavy atom. The maximum absolute atomic E-state index is 4.76. The van der Waals surface area contributed by atoms with Gasteiger partial charge in [-0.3, -0.25) is 4.98 Å². The first-order chi connectivity index (χ1) is 9.92. The summed E-state index contributed by atoms with van der Waals surface area (Å²) in [5, 5.41) is 3.44. The predicted octanol–water partition coefficient (Wildman–Crippen LogP) is 3.11. The Morgan fingerprint density at radius 3 is 2.80 bits per heavy atom. The fraction of sp³-hybridized carbons (Fsp3) is 0.125. The van der Waals surface area contributed by atoms with Crippen LogP contribution in [0.4, 0.5) is 5.69 Å². The van der Waals surface area contributed by atoms with Gasteiger partial charge in [-0.1, -0.05) is 24.3 Å². The van der Waals surface area contributed by atoms with E-state index < -0.39 is 0 Å². The predicted molar refractivity (Wildman–Crippen MR) is 79.4 cm³/mol. The molecule has 3 aromatic rings. The highest BCUT2D eigenvalue weighted by atomic mass is 15.0. The van der Waals surface area contributed by atoms with Crippen LogP contribution in [0.3, 0.4) is 0 Å². The number of imidazole rings is 1. The van der Waals surface area contributed by atoms with Gasteiger partial charge in [0.1, 0.15) is 5.69 Å². The van der Waals surface area contributed by atoms with E-state index in [1.807, 2.05) is 30.3 Å². The van der Waals surface area contributed by atoms with Gasteiger partial charge < -0.3 is 10.3 Å². The van der Waals surface area contributed by atoms with Gasteiger partial charge in [0, 0.05) is 36.1 Å². The Hall–Kier alpha value is -2.62. The van der Waals surface area contributed by atoms with Crippen LogP contribution in [-0.2, 0) is 6.42 Å². The number of rotatable bonds is 1. The molecule has 20 heavy (non-hydrogen) atoms. The lowest BCUT2D eigenvalue weighted by Crippen LogP contribution is -2.02. The summed E-state index contributed by atoms with van der Waals surface area (Å²) in [6.07, 6.45) is 2.72. The zero-order valence-corrected chi connectivity index (χ0v) is 10.9. The largest absolute Gasteiger partial charge is 0.384 e. The van der Waals surface area contributed by atoms with Crippen LogP contribution in [0.2, 0.25) is 0 Å². The van der Waals surface area contributed by atoms with Crippen LogP contribution in [0.5, 0.6) is 0 Å². The Labute approximate surface area is 116 Å². The number of fused-ring (bicyclic) bond motifs is 3. The van der Waals surface area contributed by atoms with Crippen molar-refractivity contribution in [3.8, 4) is 22.8 Å². The highest BCUT2D eigenvalue weighted by Gasteiger charge is 2.18. The molecule has 0 unspecified atom stereocenters. The lowest BCUT2D eigenvalue weighted by atomic mass is 10.1. The normalized spacial score (nSPS) is 13.0. The van der Waals surface area contributed by atoms with Crippen molar-refractivity contribution >= 4 is 5.69 Å². The summed E-state index contributed by atoms with van der Waals surface area (Å²) in [5.74, 6) is 0.840. The highest BCUT2D eigenvalue weighted by molar-refractivity contribution is 5.79. The summed E-state index contributed by atoms with van der Waals surface area (Å²) in [5.41, 5.74) is 5.38. The van der Waals surface area contributed by atoms with E-state index in [1.165, 1.54) is 5.69 Å². The third kappa shape index (κ3) is 1.77. The molecule has 0 atom stereocenters. The van der Waals surface area contributed by atoms with Crippen molar-refractivity contribution in [2.75, 3.05) is 11.9 Å². The van der Waals surface area contributed by atoms with Gasteiger partial charge in [-0.2, -0.15) is 0 Å². The van der Waals surface area contributed by atoms with Crippen LogP contribution in [0.25, 0.3) is 22.8 Å². The molecule has 2 N–H and O–H groups in total. The van der Waals surface area contributed by atoms with Crippen molar-refractivity contribution in [2.24, 2.45) is 0 Å². The molecule has 0 bridgehead atoms. The van der Waals surface area contributed by atoms with E-state index in [0.29, 0.717) is 0 Å². The van der Waals surface area contributed by atoms with E-state index in [-0.39, 0.29) is 0 Å². The maximum atomic E-state index is 4.76. The zero-order chi connectivity index (χ0) is 13.4. The fourth-order valence-corrected chi connectivity index (χ4v) is 2.60. The number of nitrogens with zero attached hydrogens (tertiary/aromatic N) is 2. The quantitative estimate of drug-likeness (QED) is 0.708. The number of aromatic nitrogens is 3. The van der Waals surface area contributed by atoms with Crippen molar-refractivity contribution in [3.63, 3.8) is 0 Å². The van der Waals surface area contributed by atoms with E-state index in [1.54, 1.807) is 6.20 Å². The SMILES string of the molecule is c1ccc(-c2nc3c([nH]2)CCNc2ccccc2-3)nc1. The van der Waals surface area contributed by atoms with Gasteiger partial charge in [0.15, 0.2) is 5.82 Å². The first-order valence-corrected chi connectivity index (χ1v) is 6.75. The molecule has 0 aliphatic carbocycles. The average Bonchev–Trinajstić information content (AvgIpc) is 2.85. The van der Waals surface area contributed by atoms with Gasteiger partial charge in [-0.05, 0) is 18.2 Å². The summed E-state index contributed by atoms with van der Waals surface area (Å²) in [6, 6.07) is 14.2. The zero-order valence-electron chi connectivity index (χ0n) is 10.9. The number of nitrogens with one attached hydrogen (secondary N) is 2. The molecule has 2 aromatic heterocycles. The summed E-state index contributed by atoms with van der Waals surface area (Å²) in [4.78, 5) is 12.5. The number of aromatic amines is 1. The average molecular weight is 262 g/mol. The minimum Gasteiger partial charge on any atom is -0.384 e. The Morgan fingerprint density at radius 1 is 1.00 bits per heavy atom. The summed E-state index contributed by atoms with van der Waals surface area (Å²) < 4.78 is 0. The maximum Gasteiger partial charge on any atom is 0.156 e. The van der Waals surface area contributed by atoms with Crippen molar-refractivity contribution < 1.29 is 0 Å². The Kier molecular flexibility index (Phi) is 2.52. The molecule has 0 saturated carbocycles. The molecule has 98 valence electrons. The molecule has 1 aromatic carbocycles. The minimum atomic E-state index is 0.840. The second-order valence-electron chi connectivity index (χ2n) is 4.85. The second-order valence-corrected chi connectivity index (χ2v) is 4.85. The Balaban J connectivity index is 1.88. The Bertz CT molecular complexity index is 746. The van der Waals surface area contributed by atoms with Gasteiger partial charge >= 0.3 is 0 Å². The molecular formula is C16H14N4. The van der Waals surface area contributed by atoms with Crippen molar-refractivity contribution in [1.29, 1.82) is 0 Å². The first kappa shape index (κ1) is 11.2. The lowest BCUT2D eigenvalue weighted by Gasteiger charge is -2.05. The van der Waals surface area contributed by atoms with E-state index >= 15 is 0 Å². The lowest BCUT2D eigenvalue weighted by molar-refractivity contribution is 0.990. The number of pyridine rings is 1. The van der Waals surface area contributed by atoms with Crippen LogP contribution in [0, 0.1) is 0 Å². The molecule has 1 aliphatic heterocycles. The number of benzene rings is 1. The number of H-pyrrole nitrogens is 1. The number of hydrogen-bond donors (Lipinski definition) is 2. The molecule has 0 spiro atoms. The van der Waals surface area contributed by atoms with E-state index in [0.717, 1.165) is 41.4 Å². The standard InChI is InChI=1S/C16H14N4/c1-2-6-12-11(5-1)15-13(8-10-18-12)19-16(20-15)14-7-3-4-9-17-14/h1-7,9,18H,8,10H2,(H,19,20). The van der Waals surface area contributed by atoms with Crippen LogP contribution in [-0.4, -0.2) is 21.5 Å². The molecule has 4 heteroatoms. The third-order valence-corrected chi connectivity index (χ3v) is 3.56. The van der Waals surface area contributed by atoms with Gasteiger partial charge in [0.05, 0.1) is 5.69 Å². The third-order valence-electron chi connectivity index (χ3n) is 3.56. The first-order valence-electron chi connectivity index (χ1n) is 6.75. The fourth-order valence-electron chi connectivity index (χ4n) is 2.60. The molecule has 0 radical (unpaired) electrons. The van der Waals surface area contributed by atoms with E-state index in [4.69, 9.17) is 4.98 Å².